The number of aryl methyl sites for hydroxylation is 1. The molecule has 0 unspecified atom stereocenters. The number of fused-ring (bicyclic) bond motifs is 1. The summed E-state index contributed by atoms with van der Waals surface area (Å²) in [5.41, 5.74) is 3.40. The molecule has 0 spiro atoms. The third kappa shape index (κ3) is 3.56. The minimum Gasteiger partial charge on any atom is -0.361 e. The Hall–Kier alpha value is -0.900. The molecule has 0 radical (unpaired) electrons. The van der Waals surface area contributed by atoms with Crippen molar-refractivity contribution in [1.82, 2.24) is 10.3 Å². The van der Waals surface area contributed by atoms with E-state index in [1.807, 2.05) is 25.3 Å². The maximum atomic E-state index is 11.4. The summed E-state index contributed by atoms with van der Waals surface area (Å²) in [7, 11) is 0. The maximum absolute atomic E-state index is 11.4. The highest BCUT2D eigenvalue weighted by Gasteiger charge is 2.29. The van der Waals surface area contributed by atoms with Gasteiger partial charge in [-0.25, -0.2) is 0 Å². The molecule has 2 rings (SSSR count). The zero-order valence-corrected chi connectivity index (χ0v) is 12.5. The van der Waals surface area contributed by atoms with Crippen LogP contribution in [0.15, 0.2) is 24.4 Å². The number of carbonyl (C=O) groups excluding carboxylic acids is 1. The standard InChI is InChI=1S/C13H13Cl3N2O/c1-8-2-3-11-10(6-8)9(7-18-11)4-5-17-12(19)13(14,15)16/h2-3,6-7,18H,4-5H2,1H3,(H,17,19). The second-order valence-corrected chi connectivity index (χ2v) is 6.65. The highest BCUT2D eigenvalue weighted by atomic mass is 35.6. The van der Waals surface area contributed by atoms with E-state index in [9.17, 15) is 4.79 Å². The molecular weight excluding hydrogens is 307 g/mol. The predicted octanol–water partition coefficient (Wildman–Crippen LogP) is 3.51. The van der Waals surface area contributed by atoms with Crippen molar-refractivity contribution in [1.29, 1.82) is 0 Å². The minimum absolute atomic E-state index is 0.424. The second kappa shape index (κ2) is 5.61. The van der Waals surface area contributed by atoms with Crippen molar-refractivity contribution in [2.45, 2.75) is 17.1 Å². The number of hydrogen-bond donors (Lipinski definition) is 2. The molecule has 6 heteroatoms. The number of nitrogens with one attached hydrogen (secondary N) is 2. The summed E-state index contributed by atoms with van der Waals surface area (Å²) in [6.45, 7) is 2.47. The molecule has 1 amide bonds. The van der Waals surface area contributed by atoms with Crippen molar-refractivity contribution in [3.8, 4) is 0 Å². The summed E-state index contributed by atoms with van der Waals surface area (Å²) in [4.78, 5) is 14.6. The number of benzene rings is 1. The summed E-state index contributed by atoms with van der Waals surface area (Å²) >= 11 is 16.4. The van der Waals surface area contributed by atoms with Crippen LogP contribution in [0.5, 0.6) is 0 Å². The quantitative estimate of drug-likeness (QED) is 0.836. The maximum Gasteiger partial charge on any atom is 0.272 e. The van der Waals surface area contributed by atoms with E-state index in [0.717, 1.165) is 16.5 Å². The predicted molar refractivity (Wildman–Crippen MR) is 80.0 cm³/mol. The summed E-state index contributed by atoms with van der Waals surface area (Å²) in [6.07, 6.45) is 2.61. The van der Waals surface area contributed by atoms with E-state index in [1.165, 1.54) is 5.56 Å². The zero-order valence-electron chi connectivity index (χ0n) is 10.3. The van der Waals surface area contributed by atoms with E-state index < -0.39 is 9.70 Å². The van der Waals surface area contributed by atoms with Gasteiger partial charge in [0.2, 0.25) is 0 Å². The number of H-pyrrole nitrogens is 1. The van der Waals surface area contributed by atoms with Gasteiger partial charge in [0.1, 0.15) is 0 Å². The van der Waals surface area contributed by atoms with Crippen LogP contribution in [0, 0.1) is 6.92 Å². The highest BCUT2D eigenvalue weighted by molar-refractivity contribution is 6.76. The van der Waals surface area contributed by atoms with Crippen molar-refractivity contribution in [2.24, 2.45) is 0 Å². The fraction of sp³-hybridized carbons (Fsp3) is 0.308. The van der Waals surface area contributed by atoms with E-state index in [2.05, 4.69) is 16.4 Å². The van der Waals surface area contributed by atoms with Crippen LogP contribution in [0.3, 0.4) is 0 Å². The van der Waals surface area contributed by atoms with Gasteiger partial charge >= 0.3 is 0 Å². The topological polar surface area (TPSA) is 44.9 Å². The summed E-state index contributed by atoms with van der Waals surface area (Å²) in [5.74, 6) is -0.603. The molecule has 1 heterocycles. The van der Waals surface area contributed by atoms with Crippen molar-refractivity contribution in [2.75, 3.05) is 6.54 Å². The van der Waals surface area contributed by atoms with Gasteiger partial charge in [-0.15, -0.1) is 0 Å². The summed E-state index contributed by atoms with van der Waals surface area (Å²) in [6, 6.07) is 6.19. The number of rotatable bonds is 3. The van der Waals surface area contributed by atoms with Gasteiger partial charge in [-0.1, -0.05) is 46.4 Å². The smallest absolute Gasteiger partial charge is 0.272 e. The number of carbonyl (C=O) groups is 1. The van der Waals surface area contributed by atoms with Gasteiger partial charge in [0, 0.05) is 23.6 Å². The molecule has 0 saturated carbocycles. The van der Waals surface area contributed by atoms with Gasteiger partial charge in [0.05, 0.1) is 0 Å². The van der Waals surface area contributed by atoms with Crippen LogP contribution in [0.25, 0.3) is 10.9 Å². The van der Waals surface area contributed by atoms with Crippen LogP contribution in [0.4, 0.5) is 0 Å². The normalized spacial score (nSPS) is 11.8. The number of amides is 1. The molecule has 1 aromatic carbocycles. The fourth-order valence-corrected chi connectivity index (χ4v) is 2.11. The Balaban J connectivity index is 2.03. The lowest BCUT2D eigenvalue weighted by Gasteiger charge is -2.10. The molecule has 2 aromatic rings. The Bertz CT molecular complexity index is 601. The molecule has 0 aliphatic carbocycles. The average Bonchev–Trinajstić information content (AvgIpc) is 2.70. The van der Waals surface area contributed by atoms with Crippen LogP contribution < -0.4 is 5.32 Å². The van der Waals surface area contributed by atoms with Gasteiger partial charge in [-0.3, -0.25) is 4.79 Å². The molecular formula is C13H13Cl3N2O. The third-order valence-corrected chi connectivity index (χ3v) is 3.38. The monoisotopic (exact) mass is 318 g/mol. The zero-order chi connectivity index (χ0) is 14.0. The Labute approximate surface area is 126 Å². The molecule has 0 atom stereocenters. The lowest BCUT2D eigenvalue weighted by atomic mass is 10.1. The molecule has 0 aliphatic heterocycles. The summed E-state index contributed by atoms with van der Waals surface area (Å²) < 4.78 is -1.91. The first-order valence-corrected chi connectivity index (χ1v) is 6.93. The summed E-state index contributed by atoms with van der Waals surface area (Å²) in [5, 5.41) is 3.75. The molecule has 1 aromatic heterocycles. The molecule has 19 heavy (non-hydrogen) atoms. The van der Waals surface area contributed by atoms with Gasteiger partial charge < -0.3 is 10.3 Å². The largest absolute Gasteiger partial charge is 0.361 e. The number of hydrogen-bond acceptors (Lipinski definition) is 1. The molecule has 102 valence electrons. The molecule has 0 bridgehead atoms. The fourth-order valence-electron chi connectivity index (χ4n) is 1.91. The number of halogens is 3. The van der Waals surface area contributed by atoms with Crippen LogP contribution >= 0.6 is 34.8 Å². The SMILES string of the molecule is Cc1ccc2[nH]cc(CCNC(=O)C(Cl)(Cl)Cl)c2c1. The Morgan fingerprint density at radius 1 is 1.37 bits per heavy atom. The van der Waals surface area contributed by atoms with Crippen LogP contribution in [-0.4, -0.2) is 21.2 Å². The average molecular weight is 320 g/mol. The lowest BCUT2D eigenvalue weighted by Crippen LogP contribution is -2.35. The molecule has 0 saturated heterocycles. The van der Waals surface area contributed by atoms with Crippen molar-refractivity contribution in [3.05, 3.63) is 35.5 Å². The molecule has 2 N–H and O–H groups in total. The number of alkyl halides is 3. The number of aromatic nitrogens is 1. The lowest BCUT2D eigenvalue weighted by molar-refractivity contribution is -0.120. The van der Waals surface area contributed by atoms with Crippen molar-refractivity contribution in [3.63, 3.8) is 0 Å². The van der Waals surface area contributed by atoms with Gasteiger partial charge in [0.15, 0.2) is 0 Å². The van der Waals surface area contributed by atoms with Gasteiger partial charge in [-0.2, -0.15) is 0 Å². The highest BCUT2D eigenvalue weighted by Crippen LogP contribution is 2.26. The van der Waals surface area contributed by atoms with Crippen LogP contribution in [0.2, 0.25) is 0 Å². The molecule has 3 nitrogen and oxygen atoms in total. The van der Waals surface area contributed by atoms with E-state index in [-0.39, 0.29) is 0 Å². The van der Waals surface area contributed by atoms with E-state index in [0.29, 0.717) is 13.0 Å². The van der Waals surface area contributed by atoms with Crippen LogP contribution in [-0.2, 0) is 11.2 Å². The third-order valence-electron chi connectivity index (χ3n) is 2.86. The van der Waals surface area contributed by atoms with Crippen LogP contribution in [0.1, 0.15) is 11.1 Å². The molecule has 0 aliphatic rings. The Kier molecular flexibility index (Phi) is 4.29. The minimum atomic E-state index is -1.91. The first-order chi connectivity index (χ1) is 8.88. The molecule has 0 fully saturated rings. The first kappa shape index (κ1) is 14.5. The van der Waals surface area contributed by atoms with Crippen molar-refractivity contribution >= 4 is 51.6 Å². The van der Waals surface area contributed by atoms with E-state index >= 15 is 0 Å². The number of aromatic amines is 1. The Morgan fingerprint density at radius 3 is 2.79 bits per heavy atom. The van der Waals surface area contributed by atoms with E-state index in [4.69, 9.17) is 34.8 Å². The van der Waals surface area contributed by atoms with Gasteiger partial charge in [-0.05, 0) is 31.0 Å². The van der Waals surface area contributed by atoms with Crippen molar-refractivity contribution < 1.29 is 4.79 Å². The Morgan fingerprint density at radius 2 is 2.11 bits per heavy atom. The first-order valence-electron chi connectivity index (χ1n) is 5.79. The second-order valence-electron chi connectivity index (χ2n) is 4.37. The van der Waals surface area contributed by atoms with Gasteiger partial charge in [0.25, 0.3) is 9.70 Å². The van der Waals surface area contributed by atoms with E-state index in [1.54, 1.807) is 0 Å².